The monoisotopic (exact) mass is 375 g/mol. The molecule has 0 atom stereocenters. The van der Waals surface area contributed by atoms with Gasteiger partial charge in [-0.25, -0.2) is 4.79 Å². The van der Waals surface area contributed by atoms with Crippen LogP contribution in [0.15, 0.2) is 51.4 Å². The molecule has 0 aliphatic carbocycles. The molecule has 0 bridgehead atoms. The van der Waals surface area contributed by atoms with Crippen molar-refractivity contribution in [3.63, 3.8) is 0 Å². The number of ether oxygens (including phenoxy) is 1. The maximum Gasteiger partial charge on any atom is 0.355 e. The molecular weight excluding hydrogens is 358 g/mol. The maximum absolute atomic E-state index is 12.8. The van der Waals surface area contributed by atoms with Crippen molar-refractivity contribution in [1.82, 2.24) is 9.80 Å². The van der Waals surface area contributed by atoms with Crippen molar-refractivity contribution < 1.29 is 14.3 Å². The third kappa shape index (κ3) is 3.45. The van der Waals surface area contributed by atoms with Crippen LogP contribution in [0.4, 0.5) is 0 Å². The molecule has 3 rings (SSSR count). The lowest BCUT2D eigenvalue weighted by Crippen LogP contribution is -2.29. The van der Waals surface area contributed by atoms with E-state index in [9.17, 15) is 9.59 Å². The molecule has 0 spiro atoms. The lowest BCUT2D eigenvalue weighted by Gasteiger charge is -2.18. The number of carbonyl (C=O) groups is 2. The van der Waals surface area contributed by atoms with Gasteiger partial charge in [-0.2, -0.15) is 0 Å². The smallest absolute Gasteiger partial charge is 0.355 e. The first kappa shape index (κ1) is 17.6. The summed E-state index contributed by atoms with van der Waals surface area (Å²) in [6.45, 7) is 2.40. The van der Waals surface area contributed by atoms with Gasteiger partial charge in [-0.05, 0) is 24.2 Å². The second-order valence-electron chi connectivity index (χ2n) is 5.32. The van der Waals surface area contributed by atoms with Crippen molar-refractivity contribution >= 4 is 40.6 Å². The standard InChI is InChI=1S/C17H17N3O3S2/c1-3-23-16(22)12-10-24-15(19(12)2)13-14(21)20(17(18)25-13)9-11-7-5-4-6-8-11/h4-8,10,18H,3,9H2,1-2H3/b15-13-,18-17?. The second kappa shape index (κ2) is 7.37. The maximum atomic E-state index is 12.8. The van der Waals surface area contributed by atoms with E-state index in [0.717, 1.165) is 17.3 Å². The van der Waals surface area contributed by atoms with Crippen LogP contribution in [0.5, 0.6) is 0 Å². The molecule has 2 aliphatic rings. The summed E-state index contributed by atoms with van der Waals surface area (Å²) in [5.41, 5.74) is 1.36. The van der Waals surface area contributed by atoms with E-state index < -0.39 is 5.97 Å². The van der Waals surface area contributed by atoms with Crippen LogP contribution in [-0.4, -0.2) is 40.5 Å². The predicted molar refractivity (Wildman–Crippen MR) is 99.4 cm³/mol. The average Bonchev–Trinajstić information content (AvgIpc) is 3.11. The molecule has 130 valence electrons. The van der Waals surface area contributed by atoms with Crippen LogP contribution in [0.2, 0.25) is 0 Å². The van der Waals surface area contributed by atoms with Crippen molar-refractivity contribution in [2.24, 2.45) is 0 Å². The van der Waals surface area contributed by atoms with Gasteiger partial charge in [0.1, 0.15) is 10.6 Å². The third-order valence-electron chi connectivity index (χ3n) is 3.69. The van der Waals surface area contributed by atoms with Gasteiger partial charge in [-0.15, -0.1) is 0 Å². The summed E-state index contributed by atoms with van der Waals surface area (Å²) in [5, 5.41) is 10.7. The molecular formula is C17H17N3O3S2. The molecule has 1 N–H and O–H groups in total. The molecule has 0 saturated carbocycles. The van der Waals surface area contributed by atoms with E-state index in [1.807, 2.05) is 30.3 Å². The summed E-state index contributed by atoms with van der Waals surface area (Å²) >= 11 is 2.42. The fourth-order valence-electron chi connectivity index (χ4n) is 2.43. The number of amides is 1. The Morgan fingerprint density at radius 3 is 2.68 bits per heavy atom. The zero-order valence-electron chi connectivity index (χ0n) is 13.8. The van der Waals surface area contributed by atoms with Crippen LogP contribution >= 0.6 is 23.5 Å². The molecule has 0 aromatic heterocycles. The summed E-state index contributed by atoms with van der Waals surface area (Å²) in [5.74, 6) is -0.633. The van der Waals surface area contributed by atoms with E-state index in [1.165, 1.54) is 16.7 Å². The zero-order chi connectivity index (χ0) is 18.0. The highest BCUT2D eigenvalue weighted by atomic mass is 32.2. The Morgan fingerprint density at radius 2 is 2.00 bits per heavy atom. The summed E-state index contributed by atoms with van der Waals surface area (Å²) < 4.78 is 5.03. The van der Waals surface area contributed by atoms with Gasteiger partial charge in [0, 0.05) is 12.5 Å². The predicted octanol–water partition coefficient (Wildman–Crippen LogP) is 2.95. The number of hydrogen-bond acceptors (Lipinski definition) is 7. The Hall–Kier alpha value is -2.19. The Bertz CT molecular complexity index is 790. The van der Waals surface area contributed by atoms with Crippen LogP contribution < -0.4 is 0 Å². The summed E-state index contributed by atoms with van der Waals surface area (Å²) in [7, 11) is 1.72. The van der Waals surface area contributed by atoms with Gasteiger partial charge in [0.15, 0.2) is 5.17 Å². The normalized spacial score (nSPS) is 20.3. The second-order valence-corrected chi connectivity index (χ2v) is 7.18. The minimum Gasteiger partial charge on any atom is -0.461 e. The first-order valence-electron chi connectivity index (χ1n) is 7.67. The number of rotatable bonds is 4. The molecule has 2 aliphatic heterocycles. The summed E-state index contributed by atoms with van der Waals surface area (Å²) in [6, 6.07) is 9.57. The van der Waals surface area contributed by atoms with Crippen molar-refractivity contribution in [1.29, 1.82) is 5.41 Å². The molecule has 25 heavy (non-hydrogen) atoms. The number of hydrogen-bond donors (Lipinski definition) is 1. The van der Waals surface area contributed by atoms with E-state index in [-0.39, 0.29) is 11.1 Å². The highest BCUT2D eigenvalue weighted by molar-refractivity contribution is 8.19. The van der Waals surface area contributed by atoms with E-state index in [4.69, 9.17) is 10.1 Å². The molecule has 8 heteroatoms. The number of esters is 1. The molecule has 1 aromatic rings. The Kier molecular flexibility index (Phi) is 5.19. The van der Waals surface area contributed by atoms with Crippen molar-refractivity contribution in [2.45, 2.75) is 13.5 Å². The molecule has 1 aromatic carbocycles. The topological polar surface area (TPSA) is 73.7 Å². The number of carbonyl (C=O) groups excluding carboxylic acids is 2. The van der Waals surface area contributed by atoms with Crippen molar-refractivity contribution in [3.05, 3.63) is 56.9 Å². The van der Waals surface area contributed by atoms with Crippen molar-refractivity contribution in [2.75, 3.05) is 13.7 Å². The molecule has 2 heterocycles. The lowest BCUT2D eigenvalue weighted by atomic mass is 10.2. The molecule has 1 fully saturated rings. The quantitative estimate of drug-likeness (QED) is 0.644. The lowest BCUT2D eigenvalue weighted by molar-refractivity contribution is -0.139. The number of benzene rings is 1. The highest BCUT2D eigenvalue weighted by Crippen LogP contribution is 2.43. The third-order valence-corrected chi connectivity index (χ3v) is 5.85. The molecule has 0 radical (unpaired) electrons. The van der Waals surface area contributed by atoms with E-state index in [0.29, 0.717) is 28.8 Å². The van der Waals surface area contributed by atoms with E-state index in [2.05, 4.69) is 0 Å². The van der Waals surface area contributed by atoms with Gasteiger partial charge in [0.25, 0.3) is 5.91 Å². The first-order valence-corrected chi connectivity index (χ1v) is 9.36. The van der Waals surface area contributed by atoms with Gasteiger partial charge in [0.2, 0.25) is 0 Å². The van der Waals surface area contributed by atoms with Crippen LogP contribution in [0.25, 0.3) is 0 Å². The molecule has 1 amide bonds. The van der Waals surface area contributed by atoms with Gasteiger partial charge < -0.3 is 9.64 Å². The largest absolute Gasteiger partial charge is 0.461 e. The fourth-order valence-corrected chi connectivity index (χ4v) is 4.50. The SMILES string of the molecule is CCOC(=O)C1=CS/C(=C2\SC(=N)N(Cc3ccccc3)C2=O)N1C. The van der Waals surface area contributed by atoms with Crippen LogP contribution in [-0.2, 0) is 20.9 Å². The minimum atomic E-state index is -0.417. The summed E-state index contributed by atoms with van der Waals surface area (Å²) in [4.78, 5) is 28.3. The first-order chi connectivity index (χ1) is 12.0. The number of thioether (sulfide) groups is 2. The number of nitrogens with one attached hydrogen (secondary N) is 1. The fraction of sp³-hybridized carbons (Fsp3) is 0.235. The zero-order valence-corrected chi connectivity index (χ0v) is 15.4. The van der Waals surface area contributed by atoms with Gasteiger partial charge in [0.05, 0.1) is 18.2 Å². The minimum absolute atomic E-state index is 0.190. The Morgan fingerprint density at radius 1 is 1.28 bits per heavy atom. The van der Waals surface area contributed by atoms with Crippen molar-refractivity contribution in [3.8, 4) is 0 Å². The molecule has 6 nitrogen and oxygen atoms in total. The Balaban J connectivity index is 1.80. The van der Waals surface area contributed by atoms with Crippen LogP contribution in [0.1, 0.15) is 12.5 Å². The number of nitrogens with zero attached hydrogens (tertiary/aromatic N) is 2. The Labute approximate surface area is 154 Å². The van der Waals surface area contributed by atoms with Crippen LogP contribution in [0.3, 0.4) is 0 Å². The highest BCUT2D eigenvalue weighted by Gasteiger charge is 2.38. The van der Waals surface area contributed by atoms with Gasteiger partial charge in [-0.3, -0.25) is 15.1 Å². The van der Waals surface area contributed by atoms with Gasteiger partial charge >= 0.3 is 5.97 Å². The van der Waals surface area contributed by atoms with E-state index >= 15 is 0 Å². The average molecular weight is 375 g/mol. The number of likely N-dealkylation sites (N-methyl/N-ethyl adjacent to an activating group) is 1. The molecule has 1 saturated heterocycles. The number of amidine groups is 1. The molecule has 0 unspecified atom stereocenters. The van der Waals surface area contributed by atoms with Crippen LogP contribution in [0, 0.1) is 5.41 Å². The van der Waals surface area contributed by atoms with E-state index in [1.54, 1.807) is 24.3 Å². The summed E-state index contributed by atoms with van der Waals surface area (Å²) in [6.07, 6.45) is 0. The van der Waals surface area contributed by atoms with Gasteiger partial charge in [-0.1, -0.05) is 42.1 Å².